The summed E-state index contributed by atoms with van der Waals surface area (Å²) in [6, 6.07) is 9.34. The number of benzene rings is 2. The van der Waals surface area contributed by atoms with Gasteiger partial charge in [0.05, 0.1) is 12.7 Å². The largest absolute Gasteiger partial charge is 0.481 e. The zero-order chi connectivity index (χ0) is 17.5. The van der Waals surface area contributed by atoms with Crippen LogP contribution >= 0.6 is 0 Å². The van der Waals surface area contributed by atoms with Crippen LogP contribution in [0.1, 0.15) is 15.9 Å². The molecule has 0 aliphatic heterocycles. The van der Waals surface area contributed by atoms with Gasteiger partial charge in [0.25, 0.3) is 5.91 Å². The van der Waals surface area contributed by atoms with Gasteiger partial charge in [-0.05, 0) is 29.8 Å². The molecule has 5 nitrogen and oxygen atoms in total. The molecule has 0 aromatic heterocycles. The Kier molecular flexibility index (Phi) is 5.83. The summed E-state index contributed by atoms with van der Waals surface area (Å²) in [6.45, 7) is -0.182. The number of carbonyl (C=O) groups excluding carboxylic acids is 2. The van der Waals surface area contributed by atoms with E-state index >= 15 is 0 Å². The predicted molar refractivity (Wildman–Crippen MR) is 81.5 cm³/mol. The Bertz CT molecular complexity index is 732. The van der Waals surface area contributed by atoms with Gasteiger partial charge in [-0.15, -0.1) is 0 Å². The van der Waals surface area contributed by atoms with E-state index in [0.717, 1.165) is 17.7 Å². The number of esters is 1. The molecular formula is C17H15F2NO4. The lowest BCUT2D eigenvalue weighted by Crippen LogP contribution is -2.28. The highest BCUT2D eigenvalue weighted by atomic mass is 19.1. The number of hydrogen-bond donors (Lipinski definition) is 1. The molecule has 0 saturated heterocycles. The van der Waals surface area contributed by atoms with Crippen molar-refractivity contribution in [2.75, 3.05) is 13.7 Å². The maximum absolute atomic E-state index is 13.3. The first-order valence-electron chi connectivity index (χ1n) is 7.01. The highest BCUT2D eigenvalue weighted by Crippen LogP contribution is 2.17. The lowest BCUT2D eigenvalue weighted by Gasteiger charge is -2.08. The third kappa shape index (κ3) is 4.77. The highest BCUT2D eigenvalue weighted by molar-refractivity contribution is 5.89. The normalized spacial score (nSPS) is 10.1. The van der Waals surface area contributed by atoms with E-state index in [4.69, 9.17) is 4.74 Å². The summed E-state index contributed by atoms with van der Waals surface area (Å²) in [5.41, 5.74) is 1.17. The van der Waals surface area contributed by atoms with Crippen LogP contribution in [0.15, 0.2) is 42.5 Å². The van der Waals surface area contributed by atoms with Crippen molar-refractivity contribution in [3.05, 3.63) is 65.2 Å². The van der Waals surface area contributed by atoms with E-state index in [2.05, 4.69) is 10.1 Å². The van der Waals surface area contributed by atoms with Gasteiger partial charge in [0.1, 0.15) is 5.82 Å². The Labute approximate surface area is 137 Å². The molecular weight excluding hydrogens is 320 g/mol. The summed E-state index contributed by atoms with van der Waals surface area (Å²) < 4.78 is 35.7. The lowest BCUT2D eigenvalue weighted by molar-refractivity contribution is -0.123. The van der Waals surface area contributed by atoms with Gasteiger partial charge >= 0.3 is 5.97 Å². The molecule has 2 aromatic rings. The zero-order valence-electron chi connectivity index (χ0n) is 12.8. The van der Waals surface area contributed by atoms with Gasteiger partial charge < -0.3 is 14.8 Å². The van der Waals surface area contributed by atoms with Gasteiger partial charge in [-0.1, -0.05) is 12.1 Å². The quantitative estimate of drug-likeness (QED) is 0.824. The molecule has 0 saturated carbocycles. The average molecular weight is 335 g/mol. The highest BCUT2D eigenvalue weighted by Gasteiger charge is 2.08. The summed E-state index contributed by atoms with van der Waals surface area (Å²) >= 11 is 0. The van der Waals surface area contributed by atoms with Crippen LogP contribution < -0.4 is 10.1 Å². The molecule has 7 heteroatoms. The van der Waals surface area contributed by atoms with Crippen molar-refractivity contribution >= 4 is 11.9 Å². The standard InChI is InChI=1S/C17H15F2NO4/c1-23-17(22)12-4-2-11(3-5-12)9-20-16(21)10-24-15-7-6-13(18)8-14(15)19/h2-8H,9-10H2,1H3,(H,20,21). The Morgan fingerprint density at radius 2 is 1.79 bits per heavy atom. The minimum atomic E-state index is -0.874. The molecule has 0 fully saturated rings. The summed E-state index contributed by atoms with van der Waals surface area (Å²) in [6.07, 6.45) is 0. The monoisotopic (exact) mass is 335 g/mol. The van der Waals surface area contributed by atoms with Gasteiger partial charge in [-0.3, -0.25) is 4.79 Å². The Balaban J connectivity index is 1.81. The number of hydrogen-bond acceptors (Lipinski definition) is 4. The van der Waals surface area contributed by atoms with Crippen LogP contribution in [0.5, 0.6) is 5.75 Å². The van der Waals surface area contributed by atoms with Crippen LogP contribution in [0.2, 0.25) is 0 Å². The maximum Gasteiger partial charge on any atom is 0.337 e. The molecule has 0 atom stereocenters. The van der Waals surface area contributed by atoms with E-state index in [9.17, 15) is 18.4 Å². The molecule has 0 unspecified atom stereocenters. The van der Waals surface area contributed by atoms with Crippen LogP contribution in [-0.4, -0.2) is 25.6 Å². The molecule has 0 heterocycles. The van der Waals surface area contributed by atoms with Crippen molar-refractivity contribution in [3.8, 4) is 5.75 Å². The fourth-order valence-electron chi connectivity index (χ4n) is 1.86. The minimum Gasteiger partial charge on any atom is -0.481 e. The predicted octanol–water partition coefficient (Wildman–Crippen LogP) is 2.45. The molecule has 0 aliphatic carbocycles. The fraction of sp³-hybridized carbons (Fsp3) is 0.176. The molecule has 2 aromatic carbocycles. The second kappa shape index (κ2) is 8.05. The third-order valence-corrected chi connectivity index (χ3v) is 3.12. The zero-order valence-corrected chi connectivity index (χ0v) is 12.8. The number of methoxy groups -OCH3 is 1. The van der Waals surface area contributed by atoms with Crippen LogP contribution in [0.3, 0.4) is 0 Å². The summed E-state index contributed by atoms with van der Waals surface area (Å²) in [5.74, 6) is -2.70. The number of halogens is 2. The molecule has 0 bridgehead atoms. The second-order valence-electron chi connectivity index (χ2n) is 4.83. The van der Waals surface area contributed by atoms with Gasteiger partial charge in [0, 0.05) is 12.6 Å². The Morgan fingerprint density at radius 3 is 2.42 bits per heavy atom. The van der Waals surface area contributed by atoms with Crippen molar-refractivity contribution in [2.45, 2.75) is 6.54 Å². The van der Waals surface area contributed by atoms with E-state index < -0.39 is 30.1 Å². The SMILES string of the molecule is COC(=O)c1ccc(CNC(=O)COc2ccc(F)cc2F)cc1. The molecule has 24 heavy (non-hydrogen) atoms. The van der Waals surface area contributed by atoms with Crippen LogP contribution in [0.4, 0.5) is 8.78 Å². The first-order valence-corrected chi connectivity index (χ1v) is 7.01. The van der Waals surface area contributed by atoms with Crippen molar-refractivity contribution in [2.24, 2.45) is 0 Å². The van der Waals surface area contributed by atoms with Crippen molar-refractivity contribution in [1.82, 2.24) is 5.32 Å². The molecule has 1 amide bonds. The molecule has 0 aliphatic rings. The van der Waals surface area contributed by atoms with E-state index in [0.29, 0.717) is 11.6 Å². The van der Waals surface area contributed by atoms with E-state index in [1.807, 2.05) is 0 Å². The number of carbonyl (C=O) groups is 2. The lowest BCUT2D eigenvalue weighted by atomic mass is 10.1. The number of amides is 1. The molecule has 2 rings (SSSR count). The topological polar surface area (TPSA) is 64.6 Å². The van der Waals surface area contributed by atoms with E-state index in [1.165, 1.54) is 7.11 Å². The fourth-order valence-corrected chi connectivity index (χ4v) is 1.86. The van der Waals surface area contributed by atoms with Gasteiger partial charge in [-0.25, -0.2) is 13.6 Å². The Morgan fingerprint density at radius 1 is 1.08 bits per heavy atom. The van der Waals surface area contributed by atoms with Gasteiger partial charge in [0.15, 0.2) is 18.2 Å². The molecule has 126 valence electrons. The molecule has 0 spiro atoms. The van der Waals surface area contributed by atoms with E-state index in [-0.39, 0.29) is 12.3 Å². The van der Waals surface area contributed by atoms with Crippen LogP contribution in [-0.2, 0) is 16.1 Å². The minimum absolute atomic E-state index is 0.200. The summed E-state index contributed by atoms with van der Waals surface area (Å²) in [4.78, 5) is 23.0. The van der Waals surface area contributed by atoms with Crippen molar-refractivity contribution in [1.29, 1.82) is 0 Å². The van der Waals surface area contributed by atoms with Crippen molar-refractivity contribution in [3.63, 3.8) is 0 Å². The smallest absolute Gasteiger partial charge is 0.337 e. The third-order valence-electron chi connectivity index (χ3n) is 3.12. The Hall–Kier alpha value is -2.96. The number of nitrogens with one attached hydrogen (secondary N) is 1. The first-order chi connectivity index (χ1) is 11.5. The summed E-state index contributed by atoms with van der Waals surface area (Å²) in [5, 5.41) is 2.59. The van der Waals surface area contributed by atoms with Gasteiger partial charge in [0.2, 0.25) is 0 Å². The average Bonchev–Trinajstić information content (AvgIpc) is 2.59. The number of rotatable bonds is 6. The van der Waals surface area contributed by atoms with Crippen LogP contribution in [0, 0.1) is 11.6 Å². The number of ether oxygens (including phenoxy) is 2. The van der Waals surface area contributed by atoms with E-state index in [1.54, 1.807) is 24.3 Å². The van der Waals surface area contributed by atoms with Gasteiger partial charge in [-0.2, -0.15) is 0 Å². The molecule has 1 N–H and O–H groups in total. The molecule has 0 radical (unpaired) electrons. The first kappa shape index (κ1) is 17.4. The summed E-state index contributed by atoms with van der Waals surface area (Å²) in [7, 11) is 1.29. The second-order valence-corrected chi connectivity index (χ2v) is 4.83. The maximum atomic E-state index is 13.3. The van der Waals surface area contributed by atoms with Crippen LogP contribution in [0.25, 0.3) is 0 Å². The van der Waals surface area contributed by atoms with Crippen molar-refractivity contribution < 1.29 is 27.8 Å².